The molecule has 1 N–H and O–H groups in total. The molecule has 0 aliphatic rings. The summed E-state index contributed by atoms with van der Waals surface area (Å²) in [6.07, 6.45) is 2.68. The van der Waals surface area contributed by atoms with Crippen molar-refractivity contribution in [2.45, 2.75) is 25.7 Å². The number of ketones is 1. The molecule has 0 heterocycles. The van der Waals surface area contributed by atoms with Crippen LogP contribution in [0.4, 0.5) is 0 Å². The van der Waals surface area contributed by atoms with Crippen molar-refractivity contribution in [3.63, 3.8) is 0 Å². The zero-order valence-corrected chi connectivity index (χ0v) is 10.8. The number of rotatable bonds is 6. The topological polar surface area (TPSA) is 46.5 Å². The maximum Gasteiger partial charge on any atom is 0.160 e. The lowest BCUT2D eigenvalue weighted by molar-refractivity contribution is -0.118. The van der Waals surface area contributed by atoms with Crippen LogP contribution in [0.25, 0.3) is 0 Å². The van der Waals surface area contributed by atoms with E-state index in [1.54, 1.807) is 24.3 Å². The van der Waals surface area contributed by atoms with Crippen molar-refractivity contribution in [3.05, 3.63) is 42.1 Å². The van der Waals surface area contributed by atoms with Crippen LogP contribution in [0.15, 0.2) is 36.6 Å². The van der Waals surface area contributed by atoms with Gasteiger partial charge in [0.05, 0.1) is 7.11 Å². The standard InChI is InChI=1S/C15H18O3/c1-4-6-11(9-13(16)5-2)12-7-8-14(17)15(10-12)18-3/h6-8,10-11,17H,1,5,9H2,2-3H3. The highest BCUT2D eigenvalue weighted by Gasteiger charge is 2.14. The van der Waals surface area contributed by atoms with Crippen molar-refractivity contribution in [1.29, 1.82) is 0 Å². The van der Waals surface area contributed by atoms with E-state index in [0.717, 1.165) is 5.56 Å². The van der Waals surface area contributed by atoms with Gasteiger partial charge in [-0.15, -0.1) is 5.73 Å². The third-order valence-electron chi connectivity index (χ3n) is 2.79. The maximum absolute atomic E-state index is 11.5. The molecule has 1 atom stereocenters. The average molecular weight is 246 g/mol. The summed E-state index contributed by atoms with van der Waals surface area (Å²) in [6, 6.07) is 5.07. The monoisotopic (exact) mass is 246 g/mol. The first-order chi connectivity index (χ1) is 8.62. The van der Waals surface area contributed by atoms with Crippen molar-refractivity contribution in [1.82, 2.24) is 0 Å². The molecular formula is C15H18O3. The largest absolute Gasteiger partial charge is 0.504 e. The molecule has 0 fully saturated rings. The van der Waals surface area contributed by atoms with Crippen molar-refractivity contribution >= 4 is 5.78 Å². The van der Waals surface area contributed by atoms with Gasteiger partial charge < -0.3 is 9.84 Å². The van der Waals surface area contributed by atoms with Crippen LogP contribution >= 0.6 is 0 Å². The second-order valence-corrected chi connectivity index (χ2v) is 4.00. The number of allylic oxidation sites excluding steroid dienone is 1. The van der Waals surface area contributed by atoms with E-state index >= 15 is 0 Å². The molecule has 18 heavy (non-hydrogen) atoms. The molecule has 96 valence electrons. The molecule has 1 aromatic rings. The molecule has 0 radical (unpaired) electrons. The van der Waals surface area contributed by atoms with Gasteiger partial charge in [-0.25, -0.2) is 0 Å². The van der Waals surface area contributed by atoms with E-state index in [1.165, 1.54) is 7.11 Å². The lowest BCUT2D eigenvalue weighted by Gasteiger charge is -2.13. The normalized spacial score (nSPS) is 11.4. The highest BCUT2D eigenvalue weighted by Crippen LogP contribution is 2.31. The molecule has 0 saturated carbocycles. The number of ether oxygens (including phenoxy) is 1. The van der Waals surface area contributed by atoms with Gasteiger partial charge >= 0.3 is 0 Å². The SMILES string of the molecule is C=C=CC(CC(=O)CC)c1ccc(O)c(OC)c1. The summed E-state index contributed by atoms with van der Waals surface area (Å²) in [7, 11) is 1.49. The minimum atomic E-state index is -0.0792. The Hall–Kier alpha value is -1.99. The van der Waals surface area contributed by atoms with Crippen molar-refractivity contribution < 1.29 is 14.6 Å². The maximum atomic E-state index is 11.5. The Labute approximate surface area is 107 Å². The quantitative estimate of drug-likeness (QED) is 0.784. The van der Waals surface area contributed by atoms with Crippen LogP contribution in [0.1, 0.15) is 31.2 Å². The third-order valence-corrected chi connectivity index (χ3v) is 2.79. The highest BCUT2D eigenvalue weighted by molar-refractivity contribution is 5.79. The van der Waals surface area contributed by atoms with E-state index < -0.39 is 0 Å². The van der Waals surface area contributed by atoms with E-state index in [2.05, 4.69) is 12.3 Å². The third kappa shape index (κ3) is 3.51. The smallest absolute Gasteiger partial charge is 0.160 e. The molecule has 0 spiro atoms. The fourth-order valence-electron chi connectivity index (χ4n) is 1.73. The Balaban J connectivity index is 3.05. The van der Waals surface area contributed by atoms with Crippen LogP contribution in [0, 0.1) is 0 Å². The number of benzene rings is 1. The molecular weight excluding hydrogens is 228 g/mol. The molecule has 1 rings (SSSR count). The van der Waals surface area contributed by atoms with Gasteiger partial charge in [0.25, 0.3) is 0 Å². The Morgan fingerprint density at radius 1 is 1.61 bits per heavy atom. The molecule has 3 heteroatoms. The summed E-state index contributed by atoms with van der Waals surface area (Å²) in [5, 5.41) is 9.54. The van der Waals surface area contributed by atoms with Gasteiger partial charge in [0, 0.05) is 18.8 Å². The van der Waals surface area contributed by atoms with E-state index in [1.807, 2.05) is 6.92 Å². The summed E-state index contributed by atoms with van der Waals surface area (Å²) in [5.41, 5.74) is 3.62. The number of phenols is 1. The first kappa shape index (κ1) is 14.1. The Kier molecular flexibility index (Phi) is 5.22. The summed E-state index contributed by atoms with van der Waals surface area (Å²) in [4.78, 5) is 11.5. The molecule has 1 aromatic carbocycles. The molecule has 0 saturated heterocycles. The minimum Gasteiger partial charge on any atom is -0.504 e. The molecule has 0 aliphatic heterocycles. The van der Waals surface area contributed by atoms with Crippen LogP contribution in [0.3, 0.4) is 0 Å². The zero-order chi connectivity index (χ0) is 13.5. The van der Waals surface area contributed by atoms with Crippen LogP contribution in [0.2, 0.25) is 0 Å². The Morgan fingerprint density at radius 2 is 2.33 bits per heavy atom. The number of methoxy groups -OCH3 is 1. The van der Waals surface area contributed by atoms with Gasteiger partial charge in [-0.1, -0.05) is 19.6 Å². The highest BCUT2D eigenvalue weighted by atomic mass is 16.5. The van der Waals surface area contributed by atoms with Gasteiger partial charge in [-0.05, 0) is 23.8 Å². The number of carbonyl (C=O) groups excluding carboxylic acids is 1. The molecule has 0 aliphatic carbocycles. The first-order valence-corrected chi connectivity index (χ1v) is 5.86. The van der Waals surface area contributed by atoms with Crippen LogP contribution in [-0.4, -0.2) is 18.0 Å². The predicted molar refractivity (Wildman–Crippen MR) is 71.0 cm³/mol. The number of hydrogen-bond acceptors (Lipinski definition) is 3. The summed E-state index contributed by atoms with van der Waals surface area (Å²) >= 11 is 0. The lowest BCUT2D eigenvalue weighted by Crippen LogP contribution is -2.04. The predicted octanol–water partition coefficient (Wildman–Crippen LogP) is 3.19. The van der Waals surface area contributed by atoms with Crippen molar-refractivity contribution in [2.24, 2.45) is 0 Å². The van der Waals surface area contributed by atoms with Gasteiger partial charge in [0.2, 0.25) is 0 Å². The minimum absolute atomic E-state index is 0.0792. The number of aromatic hydroxyl groups is 1. The molecule has 0 bridgehead atoms. The second kappa shape index (κ2) is 6.67. The first-order valence-electron chi connectivity index (χ1n) is 5.86. The van der Waals surface area contributed by atoms with Crippen LogP contribution < -0.4 is 4.74 Å². The Morgan fingerprint density at radius 3 is 2.89 bits per heavy atom. The van der Waals surface area contributed by atoms with Gasteiger partial charge in [-0.3, -0.25) is 4.79 Å². The summed E-state index contributed by atoms with van der Waals surface area (Å²) in [5.74, 6) is 0.589. The van der Waals surface area contributed by atoms with E-state index in [9.17, 15) is 9.90 Å². The van der Waals surface area contributed by atoms with Gasteiger partial charge in [-0.2, -0.15) is 0 Å². The van der Waals surface area contributed by atoms with Gasteiger partial charge in [0.1, 0.15) is 5.78 Å². The van der Waals surface area contributed by atoms with Crippen molar-refractivity contribution in [3.8, 4) is 11.5 Å². The van der Waals surface area contributed by atoms with Crippen LogP contribution in [-0.2, 0) is 4.79 Å². The second-order valence-electron chi connectivity index (χ2n) is 4.00. The number of Topliss-reactive ketones (excluding diaryl/α,β-unsaturated/α-hetero) is 1. The van der Waals surface area contributed by atoms with E-state index in [-0.39, 0.29) is 17.5 Å². The van der Waals surface area contributed by atoms with Crippen molar-refractivity contribution in [2.75, 3.05) is 7.11 Å². The summed E-state index contributed by atoms with van der Waals surface area (Å²) in [6.45, 7) is 5.39. The number of phenolic OH excluding ortho intramolecular Hbond substituents is 1. The zero-order valence-electron chi connectivity index (χ0n) is 10.8. The molecule has 0 amide bonds. The van der Waals surface area contributed by atoms with Gasteiger partial charge in [0.15, 0.2) is 11.5 Å². The number of hydrogen-bond donors (Lipinski definition) is 1. The molecule has 0 aromatic heterocycles. The molecule has 1 unspecified atom stereocenters. The lowest BCUT2D eigenvalue weighted by atomic mass is 9.92. The Bertz CT molecular complexity index is 471. The fourth-order valence-corrected chi connectivity index (χ4v) is 1.73. The summed E-state index contributed by atoms with van der Waals surface area (Å²) < 4.78 is 5.06. The van der Waals surface area contributed by atoms with Crippen LogP contribution in [0.5, 0.6) is 11.5 Å². The van der Waals surface area contributed by atoms with E-state index in [0.29, 0.717) is 18.6 Å². The fraction of sp³-hybridized carbons (Fsp3) is 0.333. The average Bonchev–Trinajstić information content (AvgIpc) is 2.38. The molecule has 3 nitrogen and oxygen atoms in total. The number of carbonyl (C=O) groups is 1. The van der Waals surface area contributed by atoms with E-state index in [4.69, 9.17) is 4.74 Å².